The first kappa shape index (κ1) is 36.4. The van der Waals surface area contributed by atoms with E-state index in [9.17, 15) is 0 Å². The molecular weight excluding hydrogens is 765 g/mol. The normalized spacial score (nSPS) is 11.5. The van der Waals surface area contributed by atoms with Gasteiger partial charge in [-0.1, -0.05) is 200 Å². The molecule has 12 aromatic rings. The fraction of sp³-hybridized carbons (Fsp3) is 0. The zero-order valence-corrected chi connectivity index (χ0v) is 34.2. The Bertz CT molecular complexity index is 3600. The van der Waals surface area contributed by atoms with E-state index in [1.165, 1.54) is 32.3 Å². The van der Waals surface area contributed by atoms with Gasteiger partial charge in [-0.05, 0) is 68.6 Å². The van der Waals surface area contributed by atoms with Crippen LogP contribution in [0.1, 0.15) is 0 Å². The third kappa shape index (κ3) is 6.36. The number of rotatable bonds is 7. The summed E-state index contributed by atoms with van der Waals surface area (Å²) in [5.41, 5.74) is 12.5. The van der Waals surface area contributed by atoms with E-state index in [0.29, 0.717) is 17.5 Å². The van der Waals surface area contributed by atoms with Gasteiger partial charge in [-0.25, -0.2) is 15.0 Å². The van der Waals surface area contributed by atoms with Gasteiger partial charge >= 0.3 is 0 Å². The molecule has 0 aliphatic carbocycles. The first-order valence-corrected chi connectivity index (χ1v) is 21.4. The summed E-state index contributed by atoms with van der Waals surface area (Å²) in [6.45, 7) is 0. The molecule has 0 fully saturated rings. The second-order valence-corrected chi connectivity index (χ2v) is 16.0. The second-order valence-electron chi connectivity index (χ2n) is 16.0. The van der Waals surface area contributed by atoms with Crippen molar-refractivity contribution in [1.82, 2.24) is 19.5 Å². The Kier molecular flexibility index (Phi) is 8.79. The Labute approximate surface area is 365 Å². The molecule has 0 aliphatic heterocycles. The van der Waals surface area contributed by atoms with Gasteiger partial charge in [-0.3, -0.25) is 0 Å². The van der Waals surface area contributed by atoms with Crippen molar-refractivity contribution in [2.75, 3.05) is 0 Å². The van der Waals surface area contributed by atoms with Gasteiger partial charge < -0.3 is 4.57 Å². The van der Waals surface area contributed by atoms with E-state index in [-0.39, 0.29) is 0 Å². The number of nitrogens with zero attached hydrogens (tertiary/aromatic N) is 4. The van der Waals surface area contributed by atoms with Crippen LogP contribution in [0.15, 0.2) is 231 Å². The summed E-state index contributed by atoms with van der Waals surface area (Å²) in [6, 6.07) is 82.0. The molecule has 2 heterocycles. The van der Waals surface area contributed by atoms with Crippen LogP contribution in [-0.4, -0.2) is 19.5 Å². The lowest BCUT2D eigenvalue weighted by atomic mass is 9.84. The molecule has 0 saturated heterocycles. The second kappa shape index (κ2) is 15.2. The Morgan fingerprint density at radius 1 is 0.270 bits per heavy atom. The number of aromatic nitrogens is 4. The van der Waals surface area contributed by atoms with Crippen molar-refractivity contribution in [3.05, 3.63) is 231 Å². The number of hydrogen-bond donors (Lipinski definition) is 0. The SMILES string of the molecule is c1ccc(-c2nc(-c3ccccc3)nc(-c3cc(-c4ccc5ccccc5c4)c(-n4c5ccccc5c5cc6ccccc6cc54)c(-c4ccccc4)c3-c3ccccc3)n2)cc1. The third-order valence-electron chi connectivity index (χ3n) is 12.2. The average Bonchev–Trinajstić information content (AvgIpc) is 3.68. The third-order valence-corrected chi connectivity index (χ3v) is 12.2. The maximum absolute atomic E-state index is 5.40. The number of para-hydroxylation sites is 1. The molecule has 10 aromatic carbocycles. The monoisotopic (exact) mass is 802 g/mol. The molecule has 12 rings (SSSR count). The maximum Gasteiger partial charge on any atom is 0.164 e. The fourth-order valence-electron chi connectivity index (χ4n) is 9.27. The van der Waals surface area contributed by atoms with E-state index in [4.69, 9.17) is 15.0 Å². The summed E-state index contributed by atoms with van der Waals surface area (Å²) in [4.78, 5) is 15.9. The van der Waals surface area contributed by atoms with Gasteiger partial charge in [0.1, 0.15) is 0 Å². The molecule has 4 nitrogen and oxygen atoms in total. The lowest BCUT2D eigenvalue weighted by molar-refractivity contribution is 1.07. The van der Waals surface area contributed by atoms with E-state index in [0.717, 1.165) is 66.8 Å². The minimum Gasteiger partial charge on any atom is -0.308 e. The molecule has 0 unspecified atom stereocenters. The Hall–Kier alpha value is -8.47. The highest BCUT2D eigenvalue weighted by atomic mass is 15.0. The van der Waals surface area contributed by atoms with Gasteiger partial charge in [-0.15, -0.1) is 0 Å². The van der Waals surface area contributed by atoms with Crippen molar-refractivity contribution in [1.29, 1.82) is 0 Å². The lowest BCUT2D eigenvalue weighted by Crippen LogP contribution is -2.06. The highest BCUT2D eigenvalue weighted by molar-refractivity contribution is 6.16. The fourth-order valence-corrected chi connectivity index (χ4v) is 9.27. The summed E-state index contributed by atoms with van der Waals surface area (Å²) >= 11 is 0. The molecular formula is C59H38N4. The summed E-state index contributed by atoms with van der Waals surface area (Å²) in [5, 5.41) is 7.16. The summed E-state index contributed by atoms with van der Waals surface area (Å²) < 4.78 is 2.51. The smallest absolute Gasteiger partial charge is 0.164 e. The van der Waals surface area contributed by atoms with Gasteiger partial charge in [0.15, 0.2) is 17.5 Å². The Balaban J connectivity index is 1.30. The zero-order valence-electron chi connectivity index (χ0n) is 34.2. The molecule has 4 heteroatoms. The van der Waals surface area contributed by atoms with E-state index < -0.39 is 0 Å². The average molecular weight is 803 g/mol. The molecule has 0 N–H and O–H groups in total. The minimum atomic E-state index is 0.598. The molecule has 294 valence electrons. The van der Waals surface area contributed by atoms with Crippen LogP contribution in [0.25, 0.3) is 117 Å². The van der Waals surface area contributed by atoms with E-state index in [1.54, 1.807) is 0 Å². The summed E-state index contributed by atoms with van der Waals surface area (Å²) in [6.07, 6.45) is 0. The van der Waals surface area contributed by atoms with Gasteiger partial charge in [0.25, 0.3) is 0 Å². The van der Waals surface area contributed by atoms with Crippen LogP contribution in [-0.2, 0) is 0 Å². The van der Waals surface area contributed by atoms with Crippen LogP contribution in [0.4, 0.5) is 0 Å². The van der Waals surface area contributed by atoms with Gasteiger partial charge in [-0.2, -0.15) is 0 Å². The Morgan fingerprint density at radius 2 is 0.746 bits per heavy atom. The molecule has 0 spiro atoms. The van der Waals surface area contributed by atoms with E-state index >= 15 is 0 Å². The number of benzene rings is 10. The molecule has 0 aliphatic rings. The van der Waals surface area contributed by atoms with Gasteiger partial charge in [0.2, 0.25) is 0 Å². The molecule has 2 aromatic heterocycles. The van der Waals surface area contributed by atoms with Crippen molar-refractivity contribution >= 4 is 43.4 Å². The lowest BCUT2D eigenvalue weighted by Gasteiger charge is -2.25. The molecule has 0 radical (unpaired) electrons. The molecule has 0 saturated carbocycles. The van der Waals surface area contributed by atoms with Crippen molar-refractivity contribution in [3.63, 3.8) is 0 Å². The Morgan fingerprint density at radius 3 is 1.37 bits per heavy atom. The summed E-state index contributed by atoms with van der Waals surface area (Å²) in [7, 11) is 0. The number of fused-ring (bicyclic) bond motifs is 5. The van der Waals surface area contributed by atoms with Crippen molar-refractivity contribution < 1.29 is 0 Å². The van der Waals surface area contributed by atoms with Crippen LogP contribution in [0.2, 0.25) is 0 Å². The first-order chi connectivity index (χ1) is 31.2. The van der Waals surface area contributed by atoms with Crippen molar-refractivity contribution in [2.45, 2.75) is 0 Å². The van der Waals surface area contributed by atoms with Crippen LogP contribution in [0, 0.1) is 0 Å². The van der Waals surface area contributed by atoms with Crippen molar-refractivity contribution in [2.24, 2.45) is 0 Å². The standard InChI is InChI=1S/C59H38N4/c1-5-20-40(21-6-1)54-51(59-61-57(42-24-9-3-10-25-42)60-58(62-59)43-26-11-4-12-27-43)38-49(47-34-33-39-19-13-14-28-44(39)35-47)56(55(54)41-22-7-2-8-23-41)63-52-32-18-17-31-48(52)50-36-45-29-15-16-30-46(45)37-53(50)63/h1-38H. The van der Waals surface area contributed by atoms with E-state index in [2.05, 4.69) is 199 Å². The molecule has 0 amide bonds. The van der Waals surface area contributed by atoms with E-state index in [1.807, 2.05) is 36.4 Å². The zero-order chi connectivity index (χ0) is 41.7. The molecule has 0 bridgehead atoms. The largest absolute Gasteiger partial charge is 0.308 e. The first-order valence-electron chi connectivity index (χ1n) is 21.4. The predicted octanol–water partition coefficient (Wildman–Crippen LogP) is 15.3. The van der Waals surface area contributed by atoms with Crippen LogP contribution in [0.3, 0.4) is 0 Å². The van der Waals surface area contributed by atoms with Gasteiger partial charge in [0.05, 0.1) is 16.7 Å². The van der Waals surface area contributed by atoms with Crippen molar-refractivity contribution in [3.8, 4) is 73.2 Å². The highest BCUT2D eigenvalue weighted by Gasteiger charge is 2.28. The molecule has 0 atom stereocenters. The quantitative estimate of drug-likeness (QED) is 0.161. The topological polar surface area (TPSA) is 43.6 Å². The predicted molar refractivity (Wildman–Crippen MR) is 262 cm³/mol. The van der Waals surface area contributed by atoms with Gasteiger partial charge in [0, 0.05) is 44.2 Å². The van der Waals surface area contributed by atoms with Crippen LogP contribution >= 0.6 is 0 Å². The minimum absolute atomic E-state index is 0.598. The number of hydrogen-bond acceptors (Lipinski definition) is 3. The maximum atomic E-state index is 5.40. The summed E-state index contributed by atoms with van der Waals surface area (Å²) in [5.74, 6) is 1.83. The van der Waals surface area contributed by atoms with Crippen LogP contribution in [0.5, 0.6) is 0 Å². The van der Waals surface area contributed by atoms with Crippen LogP contribution < -0.4 is 0 Å². The highest BCUT2D eigenvalue weighted by Crippen LogP contribution is 2.50. The molecule has 63 heavy (non-hydrogen) atoms.